The zero-order chi connectivity index (χ0) is 42.0. The molecule has 298 valence electrons. The van der Waals surface area contributed by atoms with Crippen LogP contribution in [0.1, 0.15) is 10.4 Å². The van der Waals surface area contributed by atoms with E-state index in [1.807, 2.05) is 5.43 Å². The van der Waals surface area contributed by atoms with Gasteiger partial charge in [-0.2, -0.15) is 45.7 Å². The molecule has 1 aliphatic rings. The van der Waals surface area contributed by atoms with Gasteiger partial charge >= 0.3 is 11.9 Å². The molecular weight excluding hydrogens is 829 g/mol. The Morgan fingerprint density at radius 3 is 2.04 bits per heavy atom. The summed E-state index contributed by atoms with van der Waals surface area (Å²) in [6.45, 7) is -0.905. The van der Waals surface area contributed by atoms with E-state index in [9.17, 15) is 73.7 Å². The number of nitrogens with one attached hydrogen (secondary N) is 1. The third-order valence-corrected chi connectivity index (χ3v) is 9.97. The number of aliphatic hydroxyl groups excluding tert-OH is 1. The minimum Gasteiger partial charge on any atom is -0.505 e. The van der Waals surface area contributed by atoms with Gasteiger partial charge in [0.05, 0.1) is 22.8 Å². The molecule has 0 saturated carbocycles. The number of hydrogen-bond donors (Lipinski definition) is 8. The molecule has 4 aromatic carbocycles. The number of hydrazone groups is 1. The summed E-state index contributed by atoms with van der Waals surface area (Å²) in [6.07, 6.45) is 0. The lowest BCUT2D eigenvalue weighted by Gasteiger charge is -2.13. The second-order valence-corrected chi connectivity index (χ2v) is 15.2. The van der Waals surface area contributed by atoms with Gasteiger partial charge in [-0.15, -0.1) is 15.3 Å². The molecule has 25 nitrogen and oxygen atoms in total. The Labute approximate surface area is 317 Å². The third kappa shape index (κ3) is 9.07. The van der Waals surface area contributed by atoms with Crippen LogP contribution in [0, 0.1) is 0 Å². The van der Waals surface area contributed by atoms with Gasteiger partial charge < -0.3 is 25.2 Å². The van der Waals surface area contributed by atoms with Gasteiger partial charge in [0.25, 0.3) is 36.3 Å². The normalized spacial score (nSPS) is 15.1. The van der Waals surface area contributed by atoms with Gasteiger partial charge in [-0.25, -0.2) is 15.0 Å². The molecule has 8 N–H and O–H groups in total. The Kier molecular flexibility index (Phi) is 11.5. The number of nitrogens with zero attached hydrogens (tertiary/aromatic N) is 7. The number of ether oxygens (including phenoxy) is 1. The zero-order valence-electron chi connectivity index (χ0n) is 27.8. The number of carbonyl (C=O) groups is 3. The molecule has 57 heavy (non-hydrogen) atoms. The van der Waals surface area contributed by atoms with Crippen LogP contribution >= 0.6 is 0 Å². The summed E-state index contributed by atoms with van der Waals surface area (Å²) in [5.41, 5.74) is -2.01. The number of carbonyl (C=O) groups excluding carboxylic acids is 1. The van der Waals surface area contributed by atoms with Gasteiger partial charge in [0.2, 0.25) is 6.04 Å². The van der Waals surface area contributed by atoms with Crippen molar-refractivity contribution in [3.8, 4) is 11.5 Å². The van der Waals surface area contributed by atoms with Crippen molar-refractivity contribution in [2.24, 2.45) is 35.8 Å². The highest BCUT2D eigenvalue weighted by molar-refractivity contribution is 7.86. The first-order valence-corrected chi connectivity index (χ1v) is 19.3. The van der Waals surface area contributed by atoms with E-state index in [1.165, 1.54) is 6.07 Å². The largest absolute Gasteiger partial charge is 0.505 e. The Bertz CT molecular complexity index is 2840. The summed E-state index contributed by atoms with van der Waals surface area (Å²) in [4.78, 5) is 31.9. The van der Waals surface area contributed by atoms with Crippen LogP contribution in [-0.2, 0) is 39.9 Å². The van der Waals surface area contributed by atoms with Crippen molar-refractivity contribution in [2.45, 2.75) is 20.7 Å². The van der Waals surface area contributed by atoms with Crippen LogP contribution in [0.15, 0.2) is 105 Å². The standard InChI is InChI=1S/C29H22N8O17S3/c38-7-8-54-20-9-12(30-31-17-5-2-13(55(45,46)47)10-16(17)28(41)42)1-4-18(20)32-34-22-21(56(48,49)50)11-15-14(25(22)39)3-6-19(26(15)57(51,52)53)33-35-23-24(29(43)44)36-37-27(23)40/h1-6,9-11,23,38-39H,7-8H2,(H,37,40)(H,41,42)(H,43,44)(H,45,46,47)(H,48,49,50)(H,51,52,53). The van der Waals surface area contributed by atoms with Crippen molar-refractivity contribution >= 4 is 93.1 Å². The average Bonchev–Trinajstić information content (AvgIpc) is 3.50. The van der Waals surface area contributed by atoms with Crippen molar-refractivity contribution in [1.29, 1.82) is 0 Å². The highest BCUT2D eigenvalue weighted by Gasteiger charge is 2.35. The van der Waals surface area contributed by atoms with Crippen LogP contribution in [0.5, 0.6) is 11.5 Å². The van der Waals surface area contributed by atoms with Gasteiger partial charge in [-0.3, -0.25) is 18.5 Å². The van der Waals surface area contributed by atoms with Crippen molar-refractivity contribution in [3.63, 3.8) is 0 Å². The number of aliphatic carboxylic acids is 1. The quantitative estimate of drug-likeness (QED) is 0.0666. The molecule has 5 rings (SSSR count). The molecule has 0 fully saturated rings. The first-order chi connectivity index (χ1) is 26.6. The minimum absolute atomic E-state index is 0.0602. The van der Waals surface area contributed by atoms with E-state index in [0.717, 1.165) is 36.4 Å². The fourth-order valence-electron chi connectivity index (χ4n) is 4.85. The number of fused-ring (bicyclic) bond motifs is 1. The molecule has 0 aliphatic carbocycles. The molecule has 1 heterocycles. The maximum Gasteiger partial charge on any atom is 0.355 e. The highest BCUT2D eigenvalue weighted by atomic mass is 32.2. The number of benzene rings is 4. The predicted molar refractivity (Wildman–Crippen MR) is 187 cm³/mol. The van der Waals surface area contributed by atoms with Gasteiger partial charge in [0.15, 0.2) is 11.5 Å². The number of carboxylic acids is 2. The van der Waals surface area contributed by atoms with Gasteiger partial charge in [0.1, 0.15) is 44.9 Å². The van der Waals surface area contributed by atoms with Crippen LogP contribution in [0.4, 0.5) is 28.4 Å². The fourth-order valence-corrected chi connectivity index (χ4v) is 6.82. The summed E-state index contributed by atoms with van der Waals surface area (Å²) >= 11 is 0. The van der Waals surface area contributed by atoms with Crippen molar-refractivity contribution in [2.75, 3.05) is 13.2 Å². The van der Waals surface area contributed by atoms with Crippen LogP contribution in [0.25, 0.3) is 10.8 Å². The van der Waals surface area contributed by atoms with Gasteiger partial charge in [0, 0.05) is 16.8 Å². The molecule has 4 aromatic rings. The van der Waals surface area contributed by atoms with Crippen LogP contribution in [0.3, 0.4) is 0 Å². The Morgan fingerprint density at radius 2 is 1.42 bits per heavy atom. The lowest BCUT2D eigenvalue weighted by molar-refractivity contribution is -0.130. The molecule has 0 aromatic heterocycles. The number of aromatic carboxylic acids is 1. The fraction of sp³-hybridized carbons (Fsp3) is 0.103. The maximum absolute atomic E-state index is 12.6. The van der Waals surface area contributed by atoms with Crippen molar-refractivity contribution < 1.29 is 78.5 Å². The molecule has 1 amide bonds. The molecule has 1 atom stereocenters. The third-order valence-electron chi connectivity index (χ3n) is 7.31. The minimum atomic E-state index is -5.42. The monoisotopic (exact) mass is 850 g/mol. The first kappa shape index (κ1) is 41.5. The van der Waals surface area contributed by atoms with E-state index in [1.54, 1.807) is 0 Å². The number of carboxylic acid groups (broad SMARTS) is 2. The molecule has 1 unspecified atom stereocenters. The van der Waals surface area contributed by atoms with Crippen LogP contribution < -0.4 is 10.2 Å². The van der Waals surface area contributed by atoms with Gasteiger partial charge in [-0.1, -0.05) is 0 Å². The van der Waals surface area contributed by atoms with Crippen molar-refractivity contribution in [3.05, 3.63) is 60.2 Å². The van der Waals surface area contributed by atoms with E-state index in [2.05, 4.69) is 35.8 Å². The lowest BCUT2D eigenvalue weighted by atomic mass is 10.1. The second-order valence-electron chi connectivity index (χ2n) is 11.0. The average molecular weight is 851 g/mol. The number of phenols is 1. The molecular formula is C29H22N8O17S3. The number of aliphatic hydroxyl groups is 1. The smallest absolute Gasteiger partial charge is 0.355 e. The first-order valence-electron chi connectivity index (χ1n) is 15.0. The SMILES string of the molecule is O=C(O)C1=NNC(=O)C1N=Nc1ccc2c(O)c(N=Nc3ccc(N=Nc4ccc(S(=O)(=O)O)cc4C(=O)O)cc3OCCO)c(S(=O)(=O)O)cc2c1S(=O)(=O)O. The molecule has 28 heteroatoms. The van der Waals surface area contributed by atoms with E-state index in [0.29, 0.717) is 12.1 Å². The summed E-state index contributed by atoms with van der Waals surface area (Å²) in [6, 6.07) is 6.37. The number of aromatic hydroxyl groups is 1. The number of amides is 1. The highest BCUT2D eigenvalue weighted by Crippen LogP contribution is 2.46. The lowest BCUT2D eigenvalue weighted by Crippen LogP contribution is -2.30. The Hall–Kier alpha value is -6.69. The maximum atomic E-state index is 12.6. The van der Waals surface area contributed by atoms with E-state index < -0.39 is 115 Å². The predicted octanol–water partition coefficient (Wildman–Crippen LogP) is 3.21. The topological polar surface area (TPSA) is 403 Å². The Balaban J connectivity index is 1.60. The molecule has 0 spiro atoms. The number of phenolic OH excluding ortho intramolecular Hbond substituents is 1. The van der Waals surface area contributed by atoms with E-state index >= 15 is 0 Å². The number of azo groups is 3. The Morgan fingerprint density at radius 1 is 0.754 bits per heavy atom. The van der Waals surface area contributed by atoms with E-state index in [-0.39, 0.29) is 29.4 Å². The number of rotatable bonds is 14. The molecule has 0 bridgehead atoms. The zero-order valence-corrected chi connectivity index (χ0v) is 30.2. The molecule has 0 saturated heterocycles. The van der Waals surface area contributed by atoms with Crippen LogP contribution in [0.2, 0.25) is 0 Å². The summed E-state index contributed by atoms with van der Waals surface area (Å²) in [7, 11) is -15.6. The van der Waals surface area contributed by atoms with E-state index in [4.69, 9.17) is 4.74 Å². The summed E-state index contributed by atoms with van der Waals surface area (Å²) in [5, 5.41) is 63.4. The molecule has 1 aliphatic heterocycles. The summed E-state index contributed by atoms with van der Waals surface area (Å²) in [5.74, 6) is -5.70. The van der Waals surface area contributed by atoms with Crippen molar-refractivity contribution in [1.82, 2.24) is 5.43 Å². The van der Waals surface area contributed by atoms with Crippen LogP contribution in [-0.4, -0.2) is 102 Å². The summed E-state index contributed by atoms with van der Waals surface area (Å²) < 4.78 is 108. The second kappa shape index (κ2) is 15.8. The van der Waals surface area contributed by atoms with Gasteiger partial charge in [-0.05, 0) is 48.5 Å². The number of hydrogen-bond acceptors (Lipinski definition) is 19. The molecule has 0 radical (unpaired) electrons.